The number of nitrogens with one attached hydrogen (secondary N) is 1. The highest BCUT2D eigenvalue weighted by Gasteiger charge is 2.41. The van der Waals surface area contributed by atoms with Crippen molar-refractivity contribution in [3.05, 3.63) is 113 Å². The van der Waals surface area contributed by atoms with Gasteiger partial charge in [-0.3, -0.25) is 23.7 Å². The highest BCUT2D eigenvalue weighted by molar-refractivity contribution is 7.90. The fourth-order valence-electron chi connectivity index (χ4n) is 10.3. The second-order valence-corrected chi connectivity index (χ2v) is 20.1. The summed E-state index contributed by atoms with van der Waals surface area (Å²) in [6.07, 6.45) is 14.0. The van der Waals surface area contributed by atoms with Crippen molar-refractivity contribution < 1.29 is 37.1 Å². The lowest BCUT2D eigenvalue weighted by molar-refractivity contribution is -0.384. The van der Waals surface area contributed by atoms with Gasteiger partial charge in [-0.25, -0.2) is 27.2 Å². The zero-order valence-corrected chi connectivity index (χ0v) is 39.1. The van der Waals surface area contributed by atoms with Gasteiger partial charge in [-0.15, -0.1) is 20.4 Å². The molecule has 0 spiro atoms. The van der Waals surface area contributed by atoms with E-state index in [0.29, 0.717) is 48.1 Å². The Bertz CT molecular complexity index is 3310. The van der Waals surface area contributed by atoms with Gasteiger partial charge in [0.1, 0.15) is 29.6 Å². The quantitative estimate of drug-likeness (QED) is 0.0521. The number of nitrogens with zero attached hydrogens (tertiary/aromatic N) is 10. The van der Waals surface area contributed by atoms with Gasteiger partial charge in [0.25, 0.3) is 15.7 Å². The molecule has 2 aromatic carbocycles. The topological polar surface area (TPSA) is 246 Å². The van der Waals surface area contributed by atoms with Crippen LogP contribution < -0.4 is 4.74 Å². The van der Waals surface area contributed by atoms with E-state index in [1.807, 2.05) is 30.5 Å². The number of hydrogen-bond acceptors (Lipinski definition) is 15. The molecule has 11 rings (SSSR count). The lowest BCUT2D eigenvalue weighted by atomic mass is 9.83. The van der Waals surface area contributed by atoms with Crippen molar-refractivity contribution in [2.75, 3.05) is 0 Å². The summed E-state index contributed by atoms with van der Waals surface area (Å²) in [5.41, 5.74) is 4.68. The molecular weight excluding hydrogens is 907 g/mol. The molecule has 1 N–H and O–H groups in total. The average molecular weight is 958 g/mol. The summed E-state index contributed by atoms with van der Waals surface area (Å²) in [4.78, 5) is 47.2. The third kappa shape index (κ3) is 8.86. The molecule has 6 aromatic heterocycles. The van der Waals surface area contributed by atoms with E-state index in [0.717, 1.165) is 57.9 Å². The van der Waals surface area contributed by atoms with Crippen molar-refractivity contribution in [1.82, 2.24) is 48.1 Å². The maximum atomic E-state index is 13.4. The average Bonchev–Trinajstić information content (AvgIpc) is 4.19. The van der Waals surface area contributed by atoms with Crippen LogP contribution in [0.4, 0.5) is 10.5 Å². The zero-order chi connectivity index (χ0) is 48.0. The van der Waals surface area contributed by atoms with Crippen molar-refractivity contribution in [1.29, 1.82) is 0 Å². The third-order valence-electron chi connectivity index (χ3n) is 14.1. The van der Waals surface area contributed by atoms with Gasteiger partial charge in [-0.1, -0.05) is 50.8 Å². The molecule has 6 atom stereocenters. The van der Waals surface area contributed by atoms with Gasteiger partial charge in [0.15, 0.2) is 22.6 Å². The lowest BCUT2D eigenvalue weighted by Crippen LogP contribution is -2.21. The first kappa shape index (κ1) is 45.5. The molecule has 69 heavy (non-hydrogen) atoms. The molecule has 0 saturated heterocycles. The normalized spacial score (nSPS) is 21.6. The van der Waals surface area contributed by atoms with E-state index in [1.54, 1.807) is 36.5 Å². The fraction of sp³-hybridized carbons (Fsp3) is 0.417. The van der Waals surface area contributed by atoms with Crippen LogP contribution in [0.15, 0.2) is 90.3 Å². The van der Waals surface area contributed by atoms with Crippen LogP contribution >= 0.6 is 0 Å². The minimum Gasteiger partial charge on any atom is -0.462 e. The monoisotopic (exact) mass is 957 g/mol. The molecule has 6 heterocycles. The number of non-ortho nitro benzene ring substituents is 1. The summed E-state index contributed by atoms with van der Waals surface area (Å²) in [6, 6.07) is 15.5. The van der Waals surface area contributed by atoms with Crippen LogP contribution in [-0.2, 0) is 24.3 Å². The molecular formula is C48H51N11O9S. The summed E-state index contributed by atoms with van der Waals surface area (Å²) in [5.74, 6) is 2.91. The van der Waals surface area contributed by atoms with E-state index in [-0.39, 0.29) is 51.8 Å². The Kier molecular flexibility index (Phi) is 12.3. The summed E-state index contributed by atoms with van der Waals surface area (Å²) < 4.78 is 48.7. The minimum absolute atomic E-state index is 0.0107. The highest BCUT2D eigenvalue weighted by atomic mass is 32.2. The highest BCUT2D eigenvalue weighted by Crippen LogP contribution is 2.44. The number of ether oxygens (including phenoxy) is 3. The van der Waals surface area contributed by atoms with E-state index in [1.165, 1.54) is 55.9 Å². The number of fused-ring (bicyclic) bond motifs is 6. The van der Waals surface area contributed by atoms with E-state index in [4.69, 9.17) is 14.2 Å². The number of carbonyl (C=O) groups excluding carboxylic acids is 2. The number of hydrogen-bond donors (Lipinski definition) is 1. The number of rotatable bonds is 12. The molecule has 20 nitrogen and oxygen atoms in total. The molecule has 8 aromatic rings. The van der Waals surface area contributed by atoms with Gasteiger partial charge >= 0.3 is 12.1 Å². The van der Waals surface area contributed by atoms with Gasteiger partial charge in [-0.2, -0.15) is 0 Å². The summed E-state index contributed by atoms with van der Waals surface area (Å²) in [6.45, 7) is 6.13. The number of H-pyrrole nitrogens is 1. The Balaban J connectivity index is 0.000000176. The summed E-state index contributed by atoms with van der Waals surface area (Å²) in [5, 5.41) is 28.4. The van der Waals surface area contributed by atoms with Crippen LogP contribution in [0.5, 0.6) is 5.75 Å². The van der Waals surface area contributed by atoms with Crippen molar-refractivity contribution in [2.24, 2.45) is 17.8 Å². The third-order valence-corrected chi connectivity index (χ3v) is 15.8. The molecule has 3 aliphatic rings. The van der Waals surface area contributed by atoms with Gasteiger partial charge < -0.3 is 19.2 Å². The van der Waals surface area contributed by atoms with Crippen molar-refractivity contribution >= 4 is 61.5 Å². The lowest BCUT2D eigenvalue weighted by Gasteiger charge is -2.24. The van der Waals surface area contributed by atoms with Crippen LogP contribution in [0.1, 0.15) is 107 Å². The molecule has 21 heteroatoms. The first-order chi connectivity index (χ1) is 33.4. The number of nitro benzene ring substituents is 1. The Morgan fingerprint density at radius 1 is 0.783 bits per heavy atom. The van der Waals surface area contributed by atoms with Crippen molar-refractivity contribution in [3.63, 3.8) is 0 Å². The second-order valence-electron chi connectivity index (χ2n) is 18.3. The van der Waals surface area contributed by atoms with Crippen LogP contribution in [0.25, 0.3) is 33.6 Å². The van der Waals surface area contributed by atoms with E-state index in [9.17, 15) is 28.1 Å². The number of aryl methyl sites for hydroxylation is 1. The van der Waals surface area contributed by atoms with E-state index >= 15 is 0 Å². The standard InChI is InChI=1S/C28H26N6O7S.C20H25N5O2/c1-3-18-14-21(41-28(35)40-20-8-6-19(7-9-20)34(36)37)15-23(18)26-31-30-25-16-29-27-24(33(25)26)12-13-32(27)42(38,39)22-10-4-17(2)5-11-22;1-2-13-9-14(27-18(26)8-12-4-3-5-12)10-15(13)20-24-23-17-11-22-19-16(25(17)20)6-7-21-19/h4-13,16,18,21,23H,3,14-15H2,1-2H3;6-7,11-15,21H,2-5,8-10H2,1H3/t;13-,14+,15+/m.1/s1. The van der Waals surface area contributed by atoms with E-state index < -0.39 is 27.2 Å². The smallest absolute Gasteiger partial charge is 0.462 e. The maximum Gasteiger partial charge on any atom is 0.514 e. The Hall–Kier alpha value is -7.29. The SMILES string of the molecule is CCC1CC(OC(=O)Oc2ccc([N+](=O)[O-])cc2)CC1c1nnc2cnc3c(ccn3S(=O)(=O)c3ccc(C)cc3)n12.CC[C@@H]1C[C@H](OC(=O)CC2CCC2)C[C@@H]1c1nnc2cnc3[nH]ccc3n12. The molecule has 358 valence electrons. The molecule has 0 aliphatic heterocycles. The van der Waals surface area contributed by atoms with Gasteiger partial charge in [0, 0.05) is 42.8 Å². The number of carbonyl (C=O) groups is 2. The number of esters is 1. The van der Waals surface area contributed by atoms with Gasteiger partial charge in [0.05, 0.1) is 33.2 Å². The predicted octanol–water partition coefficient (Wildman–Crippen LogP) is 8.63. The van der Waals surface area contributed by atoms with Crippen molar-refractivity contribution in [2.45, 2.75) is 114 Å². The first-order valence-electron chi connectivity index (χ1n) is 23.4. The molecule has 3 unspecified atom stereocenters. The van der Waals surface area contributed by atoms with Crippen LogP contribution in [-0.4, -0.2) is 85.8 Å². The Morgan fingerprint density at radius 3 is 2.01 bits per heavy atom. The number of aromatic amines is 1. The molecule has 0 amide bonds. The molecule has 3 fully saturated rings. The maximum absolute atomic E-state index is 13.4. The minimum atomic E-state index is -3.90. The fourth-order valence-corrected chi connectivity index (χ4v) is 11.6. The predicted molar refractivity (Wildman–Crippen MR) is 250 cm³/mol. The van der Waals surface area contributed by atoms with Crippen LogP contribution in [0, 0.1) is 34.8 Å². The molecule has 0 bridgehead atoms. The largest absolute Gasteiger partial charge is 0.514 e. The Morgan fingerprint density at radius 2 is 1.41 bits per heavy atom. The van der Waals surface area contributed by atoms with Gasteiger partial charge in [0.2, 0.25) is 0 Å². The van der Waals surface area contributed by atoms with Crippen molar-refractivity contribution in [3.8, 4) is 5.75 Å². The molecule has 3 aliphatic carbocycles. The van der Waals surface area contributed by atoms with Crippen LogP contribution in [0.3, 0.4) is 0 Å². The zero-order valence-electron chi connectivity index (χ0n) is 38.3. The second kappa shape index (κ2) is 18.7. The number of aromatic nitrogens is 10. The number of nitro groups is 1. The van der Waals surface area contributed by atoms with Gasteiger partial charge in [-0.05, 0) is 99.6 Å². The first-order valence-corrected chi connectivity index (χ1v) is 24.8. The molecule has 0 radical (unpaired) electrons. The van der Waals surface area contributed by atoms with Crippen LogP contribution in [0.2, 0.25) is 0 Å². The summed E-state index contributed by atoms with van der Waals surface area (Å²) in [7, 11) is -3.90. The van der Waals surface area contributed by atoms with E-state index in [2.05, 4.69) is 46.7 Å². The Labute approximate surface area is 395 Å². The summed E-state index contributed by atoms with van der Waals surface area (Å²) >= 11 is 0. The number of benzene rings is 2. The molecule has 3 saturated carbocycles.